The Morgan fingerprint density at radius 2 is 1.75 bits per heavy atom. The van der Waals surface area contributed by atoms with Gasteiger partial charge in [-0.15, -0.1) is 0 Å². The van der Waals surface area contributed by atoms with Crippen LogP contribution in [0.4, 0.5) is 5.69 Å². The summed E-state index contributed by atoms with van der Waals surface area (Å²) in [5.41, 5.74) is 4.09. The van der Waals surface area contributed by atoms with Crippen LogP contribution in [0.3, 0.4) is 0 Å². The quantitative estimate of drug-likeness (QED) is 0.819. The number of hydrogen-bond donors (Lipinski definition) is 2. The zero-order chi connectivity index (χ0) is 17.5. The van der Waals surface area contributed by atoms with Crippen molar-refractivity contribution in [2.75, 3.05) is 18.4 Å². The maximum Gasteiger partial charge on any atom is 0.221 e. The molecule has 2 aromatic carbocycles. The molecule has 0 fully saturated rings. The first kappa shape index (κ1) is 18.2. The van der Waals surface area contributed by atoms with Gasteiger partial charge in [0.2, 0.25) is 5.91 Å². The van der Waals surface area contributed by atoms with E-state index in [1.807, 2.05) is 55.5 Å². The van der Waals surface area contributed by atoms with Crippen molar-refractivity contribution in [3.05, 3.63) is 65.2 Å². The van der Waals surface area contributed by atoms with E-state index in [0.29, 0.717) is 6.54 Å². The molecule has 0 bridgehead atoms. The summed E-state index contributed by atoms with van der Waals surface area (Å²) < 4.78 is 0. The maximum atomic E-state index is 11.1. The van der Waals surface area contributed by atoms with Crippen LogP contribution in [0.15, 0.2) is 48.5 Å². The van der Waals surface area contributed by atoms with Crippen molar-refractivity contribution in [3.63, 3.8) is 0 Å². The highest BCUT2D eigenvalue weighted by molar-refractivity contribution is 5.88. The number of rotatable bonds is 7. The molecule has 4 nitrogen and oxygen atoms in total. The molecule has 0 radical (unpaired) electrons. The highest BCUT2D eigenvalue weighted by Gasteiger charge is 2.13. The largest absolute Gasteiger partial charge is 0.387 e. The van der Waals surface area contributed by atoms with Crippen molar-refractivity contribution in [1.29, 1.82) is 0 Å². The van der Waals surface area contributed by atoms with Gasteiger partial charge in [-0.05, 0) is 36.7 Å². The standard InChI is InChI=1S/C20H26N2O2/c1-4-22(14-20(24)18-9-5-15(2)6-10-18)13-17-7-11-19(12-8-17)21-16(3)23/h5-12,20,24H,4,13-14H2,1-3H3,(H,21,23). The molecule has 24 heavy (non-hydrogen) atoms. The molecule has 0 aliphatic heterocycles. The zero-order valence-electron chi connectivity index (χ0n) is 14.6. The molecule has 128 valence electrons. The summed E-state index contributed by atoms with van der Waals surface area (Å²) in [5.74, 6) is -0.0702. The Bertz CT molecular complexity index is 650. The fraction of sp³-hybridized carbons (Fsp3) is 0.350. The van der Waals surface area contributed by atoms with E-state index < -0.39 is 6.10 Å². The Hall–Kier alpha value is -2.17. The van der Waals surface area contributed by atoms with Gasteiger partial charge in [-0.1, -0.05) is 48.9 Å². The second-order valence-corrected chi connectivity index (χ2v) is 6.13. The SMILES string of the molecule is CCN(Cc1ccc(NC(C)=O)cc1)CC(O)c1ccc(C)cc1. The number of aliphatic hydroxyl groups excluding tert-OH is 1. The van der Waals surface area contributed by atoms with Gasteiger partial charge in [0.1, 0.15) is 0 Å². The molecule has 1 atom stereocenters. The van der Waals surface area contributed by atoms with Crippen LogP contribution in [0, 0.1) is 6.92 Å². The monoisotopic (exact) mass is 326 g/mol. The van der Waals surface area contributed by atoms with Gasteiger partial charge in [-0.3, -0.25) is 9.69 Å². The van der Waals surface area contributed by atoms with Gasteiger partial charge in [0.25, 0.3) is 0 Å². The number of nitrogens with zero attached hydrogens (tertiary/aromatic N) is 1. The van der Waals surface area contributed by atoms with E-state index in [1.165, 1.54) is 12.5 Å². The van der Waals surface area contributed by atoms with Crippen molar-refractivity contribution in [3.8, 4) is 0 Å². The molecule has 0 aromatic heterocycles. The summed E-state index contributed by atoms with van der Waals surface area (Å²) in [7, 11) is 0. The van der Waals surface area contributed by atoms with Crippen LogP contribution in [-0.4, -0.2) is 29.0 Å². The minimum absolute atomic E-state index is 0.0702. The Labute approximate surface area is 144 Å². The molecule has 0 aliphatic rings. The number of carbonyl (C=O) groups is 1. The molecule has 0 saturated carbocycles. The molecular formula is C20H26N2O2. The predicted molar refractivity (Wildman–Crippen MR) is 97.8 cm³/mol. The fourth-order valence-electron chi connectivity index (χ4n) is 2.60. The van der Waals surface area contributed by atoms with Crippen LogP contribution in [0.2, 0.25) is 0 Å². The van der Waals surface area contributed by atoms with Gasteiger partial charge >= 0.3 is 0 Å². The smallest absolute Gasteiger partial charge is 0.221 e. The van der Waals surface area contributed by atoms with Crippen LogP contribution in [0.5, 0.6) is 0 Å². The number of nitrogens with one attached hydrogen (secondary N) is 1. The lowest BCUT2D eigenvalue weighted by Crippen LogP contribution is -2.28. The average Bonchev–Trinajstić information content (AvgIpc) is 2.56. The molecule has 0 heterocycles. The summed E-state index contributed by atoms with van der Waals surface area (Å²) in [6.07, 6.45) is -0.496. The van der Waals surface area contributed by atoms with Crippen molar-refractivity contribution >= 4 is 11.6 Å². The van der Waals surface area contributed by atoms with E-state index >= 15 is 0 Å². The lowest BCUT2D eigenvalue weighted by atomic mass is 10.1. The van der Waals surface area contributed by atoms with Crippen molar-refractivity contribution < 1.29 is 9.90 Å². The van der Waals surface area contributed by atoms with Crippen LogP contribution in [-0.2, 0) is 11.3 Å². The number of benzene rings is 2. The topological polar surface area (TPSA) is 52.6 Å². The van der Waals surface area contributed by atoms with E-state index in [0.717, 1.165) is 29.9 Å². The Morgan fingerprint density at radius 1 is 1.12 bits per heavy atom. The van der Waals surface area contributed by atoms with Crippen LogP contribution >= 0.6 is 0 Å². The molecule has 2 aromatic rings. The number of aryl methyl sites for hydroxylation is 1. The third-order valence-corrected chi connectivity index (χ3v) is 4.02. The Kier molecular flexibility index (Phi) is 6.53. The predicted octanol–water partition coefficient (Wildman–Crippen LogP) is 3.51. The summed E-state index contributed by atoms with van der Waals surface area (Å²) in [6, 6.07) is 15.8. The molecule has 0 aliphatic carbocycles. The van der Waals surface area contributed by atoms with Gasteiger partial charge in [0.15, 0.2) is 0 Å². The second-order valence-electron chi connectivity index (χ2n) is 6.13. The Morgan fingerprint density at radius 3 is 2.29 bits per heavy atom. The molecule has 2 N–H and O–H groups in total. The number of carbonyl (C=O) groups excluding carboxylic acids is 1. The van der Waals surface area contributed by atoms with Crippen molar-refractivity contribution in [2.24, 2.45) is 0 Å². The number of aliphatic hydroxyl groups is 1. The van der Waals surface area contributed by atoms with Crippen molar-refractivity contribution in [2.45, 2.75) is 33.4 Å². The first-order valence-corrected chi connectivity index (χ1v) is 8.31. The molecule has 2 rings (SSSR count). The lowest BCUT2D eigenvalue weighted by molar-refractivity contribution is -0.114. The minimum Gasteiger partial charge on any atom is -0.387 e. The zero-order valence-corrected chi connectivity index (χ0v) is 14.6. The number of hydrogen-bond acceptors (Lipinski definition) is 3. The minimum atomic E-state index is -0.496. The van der Waals surface area contributed by atoms with Gasteiger partial charge < -0.3 is 10.4 Å². The van der Waals surface area contributed by atoms with E-state index in [4.69, 9.17) is 0 Å². The third kappa shape index (κ3) is 5.48. The van der Waals surface area contributed by atoms with Gasteiger partial charge in [0.05, 0.1) is 6.10 Å². The maximum absolute atomic E-state index is 11.1. The van der Waals surface area contributed by atoms with Crippen LogP contribution in [0.25, 0.3) is 0 Å². The van der Waals surface area contributed by atoms with Crippen LogP contribution < -0.4 is 5.32 Å². The summed E-state index contributed by atoms with van der Waals surface area (Å²) in [4.78, 5) is 13.3. The van der Waals surface area contributed by atoms with Gasteiger partial charge in [-0.2, -0.15) is 0 Å². The van der Waals surface area contributed by atoms with Gasteiger partial charge in [0, 0.05) is 25.7 Å². The molecule has 0 saturated heterocycles. The van der Waals surface area contributed by atoms with Gasteiger partial charge in [-0.25, -0.2) is 0 Å². The summed E-state index contributed by atoms with van der Waals surface area (Å²) >= 11 is 0. The number of likely N-dealkylation sites (N-methyl/N-ethyl adjacent to an activating group) is 1. The molecule has 0 spiro atoms. The number of amides is 1. The van der Waals surface area contributed by atoms with Crippen molar-refractivity contribution in [1.82, 2.24) is 4.90 Å². The highest BCUT2D eigenvalue weighted by Crippen LogP contribution is 2.17. The molecular weight excluding hydrogens is 300 g/mol. The van der Waals surface area contributed by atoms with Crippen LogP contribution in [0.1, 0.15) is 36.6 Å². The van der Waals surface area contributed by atoms with E-state index in [2.05, 4.69) is 17.1 Å². The average molecular weight is 326 g/mol. The van der Waals surface area contributed by atoms with E-state index in [9.17, 15) is 9.90 Å². The lowest BCUT2D eigenvalue weighted by Gasteiger charge is -2.24. The first-order valence-electron chi connectivity index (χ1n) is 8.31. The normalized spacial score (nSPS) is 12.2. The summed E-state index contributed by atoms with van der Waals surface area (Å²) in [5, 5.41) is 13.2. The number of anilines is 1. The second kappa shape index (κ2) is 8.62. The Balaban J connectivity index is 1.96. The molecule has 1 amide bonds. The van der Waals surface area contributed by atoms with E-state index in [-0.39, 0.29) is 5.91 Å². The van der Waals surface area contributed by atoms with E-state index in [1.54, 1.807) is 0 Å². The highest BCUT2D eigenvalue weighted by atomic mass is 16.3. The first-order chi connectivity index (χ1) is 11.5. The third-order valence-electron chi connectivity index (χ3n) is 4.02. The molecule has 1 unspecified atom stereocenters. The molecule has 4 heteroatoms. The summed E-state index contributed by atoms with van der Waals surface area (Å²) in [6.45, 7) is 7.84. The fourth-order valence-corrected chi connectivity index (χ4v) is 2.60.